The van der Waals surface area contributed by atoms with Crippen LogP contribution >= 0.6 is 0 Å². The molecule has 1 aromatic rings. The number of hydrogen-bond donors (Lipinski definition) is 4. The number of anilines is 1. The number of aliphatic carboxylic acids is 1. The van der Waals surface area contributed by atoms with Crippen molar-refractivity contribution in [3.63, 3.8) is 0 Å². The topological polar surface area (TPSA) is 104 Å². The number of carboxylic acid groups (broad SMARTS) is 1. The summed E-state index contributed by atoms with van der Waals surface area (Å²) in [5.74, 6) is -1.91. The van der Waals surface area contributed by atoms with Crippen LogP contribution in [-0.2, 0) is 9.59 Å². The van der Waals surface area contributed by atoms with Crippen LogP contribution in [0.3, 0.4) is 0 Å². The number of hydrazine groups is 1. The summed E-state index contributed by atoms with van der Waals surface area (Å²) in [6.45, 7) is 0. The first-order valence-corrected chi connectivity index (χ1v) is 5.28. The highest BCUT2D eigenvalue weighted by atomic mass is 19.1. The van der Waals surface area contributed by atoms with Crippen LogP contribution in [-0.4, -0.2) is 23.0 Å². The van der Waals surface area contributed by atoms with Gasteiger partial charge >= 0.3 is 5.97 Å². The molecule has 0 aliphatic carbocycles. The molecule has 98 valence electrons. The predicted octanol–water partition coefficient (Wildman–Crippen LogP) is 0.461. The molecule has 0 unspecified atom stereocenters. The van der Waals surface area contributed by atoms with E-state index in [1.165, 1.54) is 24.3 Å². The SMILES string of the molecule is N[C@@H](CCC(=O)NNc1ccc(F)cc1)C(=O)O. The van der Waals surface area contributed by atoms with Gasteiger partial charge in [0.1, 0.15) is 11.9 Å². The van der Waals surface area contributed by atoms with Gasteiger partial charge in [-0.05, 0) is 30.7 Å². The Morgan fingerprint density at radius 3 is 2.50 bits per heavy atom. The van der Waals surface area contributed by atoms with Crippen molar-refractivity contribution in [1.29, 1.82) is 0 Å². The minimum absolute atomic E-state index is 0.0122. The summed E-state index contributed by atoms with van der Waals surface area (Å²) in [6, 6.07) is 4.35. The van der Waals surface area contributed by atoms with E-state index in [0.29, 0.717) is 5.69 Å². The molecule has 0 fully saturated rings. The highest BCUT2D eigenvalue weighted by Crippen LogP contribution is 2.06. The van der Waals surface area contributed by atoms with Crippen molar-refractivity contribution < 1.29 is 19.1 Å². The Morgan fingerprint density at radius 2 is 1.94 bits per heavy atom. The van der Waals surface area contributed by atoms with Gasteiger partial charge in [0.15, 0.2) is 0 Å². The summed E-state index contributed by atoms with van der Waals surface area (Å²) >= 11 is 0. The van der Waals surface area contributed by atoms with Crippen LogP contribution in [0, 0.1) is 5.82 Å². The normalized spacial score (nSPS) is 11.7. The van der Waals surface area contributed by atoms with Gasteiger partial charge in [0.2, 0.25) is 5.91 Å². The molecular formula is C11H14FN3O3. The van der Waals surface area contributed by atoms with Crippen LogP contribution in [0.1, 0.15) is 12.8 Å². The Hall–Kier alpha value is -2.15. The number of nitrogens with one attached hydrogen (secondary N) is 2. The van der Waals surface area contributed by atoms with Crippen LogP contribution in [0.2, 0.25) is 0 Å². The van der Waals surface area contributed by atoms with E-state index >= 15 is 0 Å². The molecule has 0 saturated carbocycles. The van der Waals surface area contributed by atoms with E-state index in [0.717, 1.165) is 0 Å². The number of rotatable bonds is 6. The number of carboxylic acids is 1. The standard InChI is InChI=1S/C11H14FN3O3/c12-7-1-3-8(4-2-7)14-15-10(16)6-5-9(13)11(17)18/h1-4,9,14H,5-6,13H2,(H,15,16)(H,17,18)/t9-/m0/s1. The van der Waals surface area contributed by atoms with Gasteiger partial charge in [-0.1, -0.05) is 0 Å². The summed E-state index contributed by atoms with van der Waals surface area (Å²) < 4.78 is 12.6. The highest BCUT2D eigenvalue weighted by Gasteiger charge is 2.13. The van der Waals surface area contributed by atoms with Crippen molar-refractivity contribution in [2.24, 2.45) is 5.73 Å². The number of hydrogen-bond acceptors (Lipinski definition) is 4. The summed E-state index contributed by atoms with van der Waals surface area (Å²) in [4.78, 5) is 21.7. The largest absolute Gasteiger partial charge is 0.480 e. The van der Waals surface area contributed by atoms with E-state index in [1.807, 2.05) is 0 Å². The molecule has 0 aliphatic rings. The molecule has 0 aromatic heterocycles. The molecule has 0 radical (unpaired) electrons. The maximum absolute atomic E-state index is 12.6. The molecule has 1 rings (SSSR count). The van der Waals surface area contributed by atoms with Gasteiger partial charge < -0.3 is 10.8 Å². The van der Waals surface area contributed by atoms with Crippen LogP contribution in [0.25, 0.3) is 0 Å². The van der Waals surface area contributed by atoms with E-state index in [-0.39, 0.29) is 18.7 Å². The molecule has 0 heterocycles. The first-order chi connectivity index (χ1) is 8.49. The second-order valence-corrected chi connectivity index (χ2v) is 3.66. The van der Waals surface area contributed by atoms with Crippen molar-refractivity contribution in [2.75, 3.05) is 5.43 Å². The van der Waals surface area contributed by atoms with Crippen LogP contribution in [0.4, 0.5) is 10.1 Å². The Morgan fingerprint density at radius 1 is 1.33 bits per heavy atom. The number of halogens is 1. The third-order valence-electron chi connectivity index (χ3n) is 2.19. The monoisotopic (exact) mass is 255 g/mol. The quantitative estimate of drug-likeness (QED) is 0.553. The number of amides is 1. The molecule has 0 spiro atoms. The minimum Gasteiger partial charge on any atom is -0.480 e. The van der Waals surface area contributed by atoms with Crippen LogP contribution < -0.4 is 16.6 Å². The molecule has 1 aromatic carbocycles. The molecule has 7 heteroatoms. The lowest BCUT2D eigenvalue weighted by Crippen LogP contribution is -2.34. The zero-order chi connectivity index (χ0) is 13.5. The molecule has 18 heavy (non-hydrogen) atoms. The lowest BCUT2D eigenvalue weighted by Gasteiger charge is -2.09. The molecule has 1 amide bonds. The third kappa shape index (κ3) is 4.79. The average molecular weight is 255 g/mol. The summed E-state index contributed by atoms with van der Waals surface area (Å²) in [5, 5.41) is 8.52. The molecule has 1 atom stereocenters. The van der Waals surface area contributed by atoms with Crippen LogP contribution in [0.15, 0.2) is 24.3 Å². The fraction of sp³-hybridized carbons (Fsp3) is 0.273. The van der Waals surface area contributed by atoms with E-state index in [4.69, 9.17) is 10.8 Å². The van der Waals surface area contributed by atoms with Crippen molar-refractivity contribution in [3.8, 4) is 0 Å². The Kier molecular flexibility index (Phi) is 5.06. The maximum atomic E-state index is 12.6. The van der Waals surface area contributed by atoms with Gasteiger partial charge in [0, 0.05) is 6.42 Å². The first-order valence-electron chi connectivity index (χ1n) is 5.28. The second-order valence-electron chi connectivity index (χ2n) is 3.66. The minimum atomic E-state index is -1.14. The molecule has 0 saturated heterocycles. The van der Waals surface area contributed by atoms with Crippen molar-refractivity contribution in [1.82, 2.24) is 5.43 Å². The van der Waals surface area contributed by atoms with Crippen molar-refractivity contribution in [3.05, 3.63) is 30.1 Å². The lowest BCUT2D eigenvalue weighted by molar-refractivity contribution is -0.138. The fourth-order valence-corrected chi connectivity index (χ4v) is 1.15. The summed E-state index contributed by atoms with van der Waals surface area (Å²) in [5.41, 5.74) is 10.7. The van der Waals surface area contributed by atoms with Gasteiger partial charge in [0.05, 0.1) is 5.69 Å². The zero-order valence-electron chi connectivity index (χ0n) is 9.52. The van der Waals surface area contributed by atoms with Crippen molar-refractivity contribution in [2.45, 2.75) is 18.9 Å². The zero-order valence-corrected chi connectivity index (χ0v) is 9.52. The maximum Gasteiger partial charge on any atom is 0.320 e. The van der Waals surface area contributed by atoms with Crippen molar-refractivity contribution >= 4 is 17.6 Å². The average Bonchev–Trinajstić information content (AvgIpc) is 2.35. The second kappa shape index (κ2) is 6.55. The van der Waals surface area contributed by atoms with Gasteiger partial charge in [-0.3, -0.25) is 20.4 Å². The number of benzene rings is 1. The highest BCUT2D eigenvalue weighted by molar-refractivity contribution is 5.79. The number of carbonyl (C=O) groups is 2. The van der Waals surface area contributed by atoms with E-state index in [1.54, 1.807) is 0 Å². The smallest absolute Gasteiger partial charge is 0.320 e. The Bertz CT molecular complexity index is 422. The van der Waals surface area contributed by atoms with E-state index < -0.39 is 17.9 Å². The van der Waals surface area contributed by atoms with Crippen LogP contribution in [0.5, 0.6) is 0 Å². The lowest BCUT2D eigenvalue weighted by atomic mass is 10.2. The molecular weight excluding hydrogens is 241 g/mol. The molecule has 6 nitrogen and oxygen atoms in total. The number of nitrogens with two attached hydrogens (primary N) is 1. The Balaban J connectivity index is 2.29. The first kappa shape index (κ1) is 13.9. The summed E-state index contributed by atoms with van der Waals surface area (Å²) in [7, 11) is 0. The third-order valence-corrected chi connectivity index (χ3v) is 2.19. The molecule has 0 aliphatic heterocycles. The predicted molar refractivity (Wildman–Crippen MR) is 63.0 cm³/mol. The van der Waals surface area contributed by atoms with E-state index in [2.05, 4.69) is 10.9 Å². The molecule has 0 bridgehead atoms. The van der Waals surface area contributed by atoms with Gasteiger partial charge in [0.25, 0.3) is 0 Å². The number of carbonyl (C=O) groups excluding carboxylic acids is 1. The van der Waals surface area contributed by atoms with Gasteiger partial charge in [-0.25, -0.2) is 4.39 Å². The fourth-order valence-electron chi connectivity index (χ4n) is 1.15. The molecule has 5 N–H and O–H groups in total. The van der Waals surface area contributed by atoms with Gasteiger partial charge in [-0.15, -0.1) is 0 Å². The van der Waals surface area contributed by atoms with E-state index in [9.17, 15) is 14.0 Å². The summed E-state index contributed by atoms with van der Waals surface area (Å²) in [6.07, 6.45) is 0.0356. The Labute approximate surface area is 103 Å². The van der Waals surface area contributed by atoms with Gasteiger partial charge in [-0.2, -0.15) is 0 Å².